The van der Waals surface area contributed by atoms with Gasteiger partial charge in [-0.05, 0) is 49.3 Å². The second-order valence-electron chi connectivity index (χ2n) is 9.42. The van der Waals surface area contributed by atoms with Crippen molar-refractivity contribution < 1.29 is 14.3 Å². The third-order valence-corrected chi connectivity index (χ3v) is 7.42. The van der Waals surface area contributed by atoms with Crippen molar-refractivity contribution in [2.24, 2.45) is 0 Å². The van der Waals surface area contributed by atoms with E-state index in [0.29, 0.717) is 31.3 Å². The van der Waals surface area contributed by atoms with E-state index in [1.54, 1.807) is 7.11 Å². The van der Waals surface area contributed by atoms with Gasteiger partial charge in [-0.1, -0.05) is 6.92 Å². The van der Waals surface area contributed by atoms with Crippen molar-refractivity contribution in [1.29, 1.82) is 0 Å². The topological polar surface area (TPSA) is 83.6 Å². The van der Waals surface area contributed by atoms with Crippen molar-refractivity contribution in [1.82, 2.24) is 25.0 Å². The van der Waals surface area contributed by atoms with Crippen molar-refractivity contribution in [3.8, 4) is 0 Å². The number of pyridine rings is 2. The minimum atomic E-state index is -0.103. The van der Waals surface area contributed by atoms with Crippen LogP contribution in [0.2, 0.25) is 0 Å². The molecular weight excluding hydrogens is 430 g/mol. The number of methoxy groups -OCH3 is 1. The summed E-state index contributed by atoms with van der Waals surface area (Å²) in [6.07, 6.45) is 10.4. The zero-order valence-electron chi connectivity index (χ0n) is 20.2. The molecular formula is C26H35N5O3. The molecule has 0 aliphatic carbocycles. The molecule has 0 aromatic carbocycles. The number of rotatable bonds is 8. The molecule has 2 fully saturated rings. The van der Waals surface area contributed by atoms with Crippen LogP contribution in [0, 0.1) is 0 Å². The van der Waals surface area contributed by atoms with Gasteiger partial charge in [0.05, 0.1) is 37.1 Å². The molecule has 3 aromatic heterocycles. The van der Waals surface area contributed by atoms with Crippen molar-refractivity contribution >= 4 is 27.7 Å². The molecule has 2 aliphatic heterocycles. The Labute approximate surface area is 200 Å². The smallest absolute Gasteiger partial charge is 0.151 e. The number of nitrogens with one attached hydrogen (secondary N) is 1. The predicted octanol–water partition coefficient (Wildman–Crippen LogP) is 3.68. The number of ether oxygens (including phenoxy) is 2. The highest BCUT2D eigenvalue weighted by molar-refractivity contribution is 6.05. The summed E-state index contributed by atoms with van der Waals surface area (Å²) in [5, 5.41) is 7.01. The monoisotopic (exact) mass is 465 g/mol. The number of carbonyl (C=O) groups excluding carboxylic acids is 1. The summed E-state index contributed by atoms with van der Waals surface area (Å²) in [5.74, 6) is 0.625. The summed E-state index contributed by atoms with van der Waals surface area (Å²) in [5.41, 5.74) is 3.08. The molecule has 0 spiro atoms. The van der Waals surface area contributed by atoms with Gasteiger partial charge in [-0.25, -0.2) is 15.0 Å². The van der Waals surface area contributed by atoms with Crippen LogP contribution in [0.1, 0.15) is 50.5 Å². The highest BCUT2D eigenvalue weighted by atomic mass is 16.5. The van der Waals surface area contributed by atoms with Crippen molar-refractivity contribution in [3.63, 3.8) is 0 Å². The molecule has 0 saturated carbocycles. The lowest BCUT2D eigenvalue weighted by Crippen LogP contribution is -2.58. The Hall–Kier alpha value is -2.39. The first-order valence-corrected chi connectivity index (χ1v) is 12.5. The average Bonchev–Trinajstić information content (AvgIpc) is 3.37. The number of nitrogens with zero attached hydrogens (tertiary/aromatic N) is 4. The summed E-state index contributed by atoms with van der Waals surface area (Å²) in [4.78, 5) is 25.5. The van der Waals surface area contributed by atoms with Gasteiger partial charge in [-0.3, -0.25) is 9.78 Å². The van der Waals surface area contributed by atoms with Crippen LogP contribution in [0.25, 0.3) is 21.9 Å². The quantitative estimate of drug-likeness (QED) is 0.508. The van der Waals surface area contributed by atoms with Gasteiger partial charge < -0.3 is 14.5 Å². The van der Waals surface area contributed by atoms with Gasteiger partial charge in [0.25, 0.3) is 0 Å². The van der Waals surface area contributed by atoms with Gasteiger partial charge in [0, 0.05) is 56.3 Å². The number of H-pyrrole nitrogens is 1. The van der Waals surface area contributed by atoms with Crippen LogP contribution in [-0.2, 0) is 14.3 Å². The normalized spacial score (nSPS) is 24.7. The molecule has 0 amide bonds. The number of Topliss-reactive ketones (excluding diaryl/α,β-unsaturated/α-hetero) is 1. The molecule has 1 N–H and O–H groups in total. The number of aromatic nitrogens is 3. The highest BCUT2D eigenvalue weighted by Gasteiger charge is 2.38. The highest BCUT2D eigenvalue weighted by Crippen LogP contribution is 2.38. The van der Waals surface area contributed by atoms with Crippen molar-refractivity contribution in [2.75, 3.05) is 40.0 Å². The second kappa shape index (κ2) is 10.5. The Bertz CT molecular complexity index is 1130. The molecule has 34 heavy (non-hydrogen) atoms. The third-order valence-electron chi connectivity index (χ3n) is 7.42. The van der Waals surface area contributed by atoms with Crippen LogP contribution in [0.4, 0.5) is 0 Å². The van der Waals surface area contributed by atoms with Crippen molar-refractivity contribution in [3.05, 3.63) is 36.3 Å². The second-order valence-corrected chi connectivity index (χ2v) is 9.42. The van der Waals surface area contributed by atoms with E-state index in [4.69, 9.17) is 9.47 Å². The molecule has 5 heterocycles. The number of hydrogen-bond acceptors (Lipinski definition) is 7. The van der Waals surface area contributed by atoms with Crippen LogP contribution < -0.4 is 0 Å². The lowest BCUT2D eigenvalue weighted by molar-refractivity contribution is -0.151. The van der Waals surface area contributed by atoms with Gasteiger partial charge in [0.1, 0.15) is 5.65 Å². The summed E-state index contributed by atoms with van der Waals surface area (Å²) in [6, 6.07) is 4.12. The zero-order chi connectivity index (χ0) is 23.5. The summed E-state index contributed by atoms with van der Waals surface area (Å²) in [7, 11) is 1.70. The van der Waals surface area contributed by atoms with E-state index in [1.165, 1.54) is 10.9 Å². The zero-order valence-corrected chi connectivity index (χ0v) is 20.2. The Morgan fingerprint density at radius 2 is 2.12 bits per heavy atom. The Kier molecular flexibility index (Phi) is 7.20. The number of piperidine rings is 2. The minimum absolute atomic E-state index is 0.103. The van der Waals surface area contributed by atoms with E-state index in [9.17, 15) is 4.79 Å². The van der Waals surface area contributed by atoms with Crippen LogP contribution in [0.15, 0.2) is 30.7 Å². The van der Waals surface area contributed by atoms with E-state index in [-0.39, 0.29) is 12.1 Å². The maximum atomic E-state index is 13.2. The van der Waals surface area contributed by atoms with Crippen LogP contribution >= 0.6 is 0 Å². The summed E-state index contributed by atoms with van der Waals surface area (Å²) < 4.78 is 11.2. The van der Waals surface area contributed by atoms with Gasteiger partial charge in [0.2, 0.25) is 0 Å². The van der Waals surface area contributed by atoms with Crippen LogP contribution in [0.3, 0.4) is 0 Å². The number of fused-ring (bicyclic) bond motifs is 3. The SMILES string of the molecule is CCC(=O)C1CC(c2ccnc3cnc4[nH]ccc4c23)CCN1N1CCCC(OCCOC)C1. The molecule has 8 heteroatoms. The molecule has 2 saturated heterocycles. The molecule has 3 aromatic rings. The largest absolute Gasteiger partial charge is 0.382 e. The van der Waals surface area contributed by atoms with Crippen molar-refractivity contribution in [2.45, 2.75) is 57.1 Å². The van der Waals surface area contributed by atoms with Gasteiger partial charge in [0.15, 0.2) is 5.78 Å². The predicted molar refractivity (Wildman–Crippen MR) is 132 cm³/mol. The Morgan fingerprint density at radius 1 is 1.21 bits per heavy atom. The molecule has 3 unspecified atom stereocenters. The number of carbonyl (C=O) groups is 1. The Balaban J connectivity index is 1.39. The lowest BCUT2D eigenvalue weighted by Gasteiger charge is -2.47. The van der Waals surface area contributed by atoms with E-state index >= 15 is 0 Å². The average molecular weight is 466 g/mol. The van der Waals surface area contributed by atoms with Crippen LogP contribution in [0.5, 0.6) is 0 Å². The maximum Gasteiger partial charge on any atom is 0.151 e. The fourth-order valence-electron chi connectivity index (χ4n) is 5.71. The number of aromatic amines is 1. The molecule has 8 nitrogen and oxygen atoms in total. The molecule has 0 bridgehead atoms. The van der Waals surface area contributed by atoms with Gasteiger partial charge in [-0.15, -0.1) is 0 Å². The number of hydrazine groups is 1. The Morgan fingerprint density at radius 3 is 2.97 bits per heavy atom. The molecule has 5 rings (SSSR count). The van der Waals surface area contributed by atoms with E-state index in [2.05, 4.69) is 37.1 Å². The van der Waals surface area contributed by atoms with E-state index in [1.807, 2.05) is 25.5 Å². The summed E-state index contributed by atoms with van der Waals surface area (Å²) in [6.45, 7) is 5.91. The minimum Gasteiger partial charge on any atom is -0.382 e. The molecule has 2 aliphatic rings. The third kappa shape index (κ3) is 4.60. The number of hydrogen-bond donors (Lipinski definition) is 1. The fourth-order valence-corrected chi connectivity index (χ4v) is 5.71. The first kappa shape index (κ1) is 23.4. The summed E-state index contributed by atoms with van der Waals surface area (Å²) >= 11 is 0. The van der Waals surface area contributed by atoms with Gasteiger partial charge >= 0.3 is 0 Å². The van der Waals surface area contributed by atoms with E-state index in [0.717, 1.165) is 61.9 Å². The first-order chi connectivity index (χ1) is 16.7. The molecule has 0 radical (unpaired) electrons. The molecule has 3 atom stereocenters. The fraction of sp³-hybridized carbons (Fsp3) is 0.577. The van der Waals surface area contributed by atoms with Crippen LogP contribution in [-0.4, -0.2) is 82.9 Å². The van der Waals surface area contributed by atoms with E-state index < -0.39 is 0 Å². The number of ketones is 1. The standard InChI is InChI=1S/C26H35N5O3/c1-3-24(32)23-15-18(8-12-31(23)30-11-4-5-19(17-30)34-14-13-33-2)20-6-9-27-22-16-29-26-21(25(20)22)7-10-28-26/h6-7,9-10,16,18-19,23H,3-5,8,11-15,17H2,1-2H3,(H,28,29). The van der Waals surface area contributed by atoms with Gasteiger partial charge in [-0.2, -0.15) is 0 Å². The first-order valence-electron chi connectivity index (χ1n) is 12.5. The maximum absolute atomic E-state index is 13.2. The lowest BCUT2D eigenvalue weighted by atomic mass is 9.82. The molecule has 182 valence electrons.